The molecule has 0 saturated heterocycles. The third-order valence-corrected chi connectivity index (χ3v) is 5.20. The summed E-state index contributed by atoms with van der Waals surface area (Å²) in [6, 6.07) is 8.08. The van der Waals surface area contributed by atoms with Gasteiger partial charge in [0.2, 0.25) is 0 Å². The zero-order valence-corrected chi connectivity index (χ0v) is 13.1. The molecule has 3 N–H and O–H groups in total. The minimum atomic E-state index is -4.01. The number of nitrogen functional groups attached to an aromatic ring is 1. The zero-order valence-electron chi connectivity index (χ0n) is 9.90. The number of benzene rings is 2. The predicted octanol–water partition coefficient (Wildman–Crippen LogP) is 3.62. The first-order valence-electron chi connectivity index (χ1n) is 5.33. The molecule has 8 heteroatoms. The van der Waals surface area contributed by atoms with Crippen molar-refractivity contribution in [2.24, 2.45) is 0 Å². The van der Waals surface area contributed by atoms with Crippen LogP contribution in [0.4, 0.5) is 15.8 Å². The van der Waals surface area contributed by atoms with Gasteiger partial charge < -0.3 is 5.73 Å². The monoisotopic (exact) mass is 378 g/mol. The maximum Gasteiger partial charge on any atom is 0.263 e. The third-order valence-electron chi connectivity index (χ3n) is 2.44. The highest BCUT2D eigenvalue weighted by Crippen LogP contribution is 2.32. The Morgan fingerprint density at radius 3 is 2.55 bits per heavy atom. The van der Waals surface area contributed by atoms with Crippen molar-refractivity contribution in [1.29, 1.82) is 0 Å². The van der Waals surface area contributed by atoms with Crippen LogP contribution in [0.25, 0.3) is 0 Å². The summed E-state index contributed by atoms with van der Waals surface area (Å²) in [5.74, 6) is -0.679. The van der Waals surface area contributed by atoms with Gasteiger partial charge in [0.15, 0.2) is 0 Å². The topological polar surface area (TPSA) is 72.2 Å². The second-order valence-corrected chi connectivity index (χ2v) is 6.77. The van der Waals surface area contributed by atoms with E-state index in [1.165, 1.54) is 30.3 Å². The van der Waals surface area contributed by atoms with Gasteiger partial charge in [-0.1, -0.05) is 23.7 Å². The largest absolute Gasteiger partial charge is 0.398 e. The summed E-state index contributed by atoms with van der Waals surface area (Å²) in [6.07, 6.45) is 0. The molecule has 0 bridgehead atoms. The molecule has 0 aromatic heterocycles. The molecule has 0 amide bonds. The number of nitrogens with two attached hydrogens (primary N) is 1. The van der Waals surface area contributed by atoms with Gasteiger partial charge in [0.05, 0.1) is 10.2 Å². The van der Waals surface area contributed by atoms with Crippen molar-refractivity contribution in [2.75, 3.05) is 10.5 Å². The molecule has 0 radical (unpaired) electrons. The molecule has 2 aromatic carbocycles. The normalized spacial score (nSPS) is 11.3. The fraction of sp³-hybridized carbons (Fsp3) is 0. The number of rotatable bonds is 3. The standard InChI is InChI=1S/C12H9BrClFN2O2S/c13-12-9(16)5-7(14)6-11(12)20(18,19)17-10-4-2-1-3-8(10)15/h1-6,17H,16H2. The predicted molar refractivity (Wildman–Crippen MR) is 80.8 cm³/mol. The van der Waals surface area contributed by atoms with E-state index < -0.39 is 15.8 Å². The van der Waals surface area contributed by atoms with Crippen molar-refractivity contribution in [3.63, 3.8) is 0 Å². The summed E-state index contributed by atoms with van der Waals surface area (Å²) >= 11 is 8.88. The second kappa shape index (κ2) is 5.59. The van der Waals surface area contributed by atoms with Crippen LogP contribution in [0, 0.1) is 5.82 Å². The van der Waals surface area contributed by atoms with E-state index in [4.69, 9.17) is 17.3 Å². The first kappa shape index (κ1) is 15.1. The Balaban J connectivity index is 2.49. The number of halogens is 3. The highest BCUT2D eigenvalue weighted by atomic mass is 79.9. The lowest BCUT2D eigenvalue weighted by Crippen LogP contribution is -2.15. The van der Waals surface area contributed by atoms with Crippen LogP contribution in [0.3, 0.4) is 0 Å². The van der Waals surface area contributed by atoms with Crippen LogP contribution < -0.4 is 10.5 Å². The van der Waals surface area contributed by atoms with Crippen LogP contribution >= 0.6 is 27.5 Å². The Morgan fingerprint density at radius 2 is 1.90 bits per heavy atom. The van der Waals surface area contributed by atoms with E-state index in [2.05, 4.69) is 20.7 Å². The van der Waals surface area contributed by atoms with Crippen molar-refractivity contribution < 1.29 is 12.8 Å². The molecule has 20 heavy (non-hydrogen) atoms. The van der Waals surface area contributed by atoms with Crippen LogP contribution in [0.2, 0.25) is 5.02 Å². The lowest BCUT2D eigenvalue weighted by molar-refractivity contribution is 0.598. The lowest BCUT2D eigenvalue weighted by Gasteiger charge is -2.12. The first-order valence-corrected chi connectivity index (χ1v) is 7.98. The molecule has 4 nitrogen and oxygen atoms in total. The van der Waals surface area contributed by atoms with Crippen LogP contribution in [0.1, 0.15) is 0 Å². The summed E-state index contributed by atoms with van der Waals surface area (Å²) in [4.78, 5) is -0.161. The van der Waals surface area contributed by atoms with E-state index >= 15 is 0 Å². The fourth-order valence-electron chi connectivity index (χ4n) is 1.52. The van der Waals surface area contributed by atoms with Gasteiger partial charge in [-0.2, -0.15) is 0 Å². The smallest absolute Gasteiger partial charge is 0.263 e. The maximum absolute atomic E-state index is 13.5. The van der Waals surface area contributed by atoms with Gasteiger partial charge in [-0.15, -0.1) is 0 Å². The van der Waals surface area contributed by atoms with Gasteiger partial charge in [0.25, 0.3) is 10.0 Å². The van der Waals surface area contributed by atoms with Crippen molar-refractivity contribution >= 4 is 48.9 Å². The van der Waals surface area contributed by atoms with Crippen molar-refractivity contribution in [2.45, 2.75) is 4.90 Å². The van der Waals surface area contributed by atoms with Gasteiger partial charge in [-0.25, -0.2) is 12.8 Å². The van der Waals surface area contributed by atoms with Gasteiger partial charge in [-0.3, -0.25) is 4.72 Å². The Kier molecular flexibility index (Phi) is 4.22. The number of hydrogen-bond acceptors (Lipinski definition) is 3. The number of para-hydroxylation sites is 1. The minimum Gasteiger partial charge on any atom is -0.398 e. The lowest BCUT2D eigenvalue weighted by atomic mass is 10.3. The Morgan fingerprint density at radius 1 is 1.25 bits per heavy atom. The van der Waals surface area contributed by atoms with E-state index in [1.54, 1.807) is 0 Å². The quantitative estimate of drug-likeness (QED) is 0.800. The molecule has 0 aliphatic rings. The summed E-state index contributed by atoms with van der Waals surface area (Å²) in [6.45, 7) is 0. The molecular weight excluding hydrogens is 371 g/mol. The van der Waals surface area contributed by atoms with E-state index in [1.807, 2.05) is 0 Å². The first-order chi connectivity index (χ1) is 9.31. The molecule has 2 rings (SSSR count). The number of sulfonamides is 1. The van der Waals surface area contributed by atoms with Gasteiger partial charge in [0.1, 0.15) is 10.7 Å². The third kappa shape index (κ3) is 3.05. The zero-order chi connectivity index (χ0) is 14.9. The minimum absolute atomic E-state index is 0.155. The average molecular weight is 380 g/mol. The molecule has 2 aromatic rings. The molecule has 0 atom stereocenters. The Bertz CT molecular complexity index is 768. The van der Waals surface area contributed by atoms with Crippen molar-refractivity contribution in [3.8, 4) is 0 Å². The number of anilines is 2. The molecule has 0 aliphatic carbocycles. The summed E-state index contributed by atoms with van der Waals surface area (Å²) < 4.78 is 40.3. The SMILES string of the molecule is Nc1cc(Cl)cc(S(=O)(=O)Nc2ccccc2F)c1Br. The fourth-order valence-corrected chi connectivity index (χ4v) is 3.88. The number of hydrogen-bond donors (Lipinski definition) is 2. The average Bonchev–Trinajstić information content (AvgIpc) is 2.36. The van der Waals surface area contributed by atoms with Crippen LogP contribution in [0.15, 0.2) is 45.8 Å². The molecule has 106 valence electrons. The van der Waals surface area contributed by atoms with Crippen LogP contribution in [-0.2, 0) is 10.0 Å². The molecule has 0 fully saturated rings. The highest BCUT2D eigenvalue weighted by Gasteiger charge is 2.21. The van der Waals surface area contributed by atoms with E-state index in [9.17, 15) is 12.8 Å². The molecule has 0 saturated carbocycles. The molecular formula is C12H9BrClFN2O2S. The van der Waals surface area contributed by atoms with Gasteiger partial charge in [0, 0.05) is 10.7 Å². The molecule has 0 heterocycles. The molecule has 0 spiro atoms. The van der Waals surface area contributed by atoms with Gasteiger partial charge in [-0.05, 0) is 40.2 Å². The van der Waals surface area contributed by atoms with Crippen LogP contribution in [0.5, 0.6) is 0 Å². The van der Waals surface area contributed by atoms with E-state index in [0.717, 1.165) is 6.07 Å². The van der Waals surface area contributed by atoms with E-state index in [0.29, 0.717) is 0 Å². The summed E-state index contributed by atoms with van der Waals surface area (Å²) in [7, 11) is -4.01. The summed E-state index contributed by atoms with van der Waals surface area (Å²) in [5, 5.41) is 0.166. The number of nitrogens with one attached hydrogen (secondary N) is 1. The molecule has 0 aliphatic heterocycles. The Labute approximate surface area is 128 Å². The van der Waals surface area contributed by atoms with E-state index in [-0.39, 0.29) is 25.8 Å². The van der Waals surface area contributed by atoms with Crippen molar-refractivity contribution in [3.05, 3.63) is 51.7 Å². The maximum atomic E-state index is 13.5. The van der Waals surface area contributed by atoms with Crippen LogP contribution in [-0.4, -0.2) is 8.42 Å². The molecule has 0 unspecified atom stereocenters. The Hall–Kier alpha value is -1.31. The van der Waals surface area contributed by atoms with Gasteiger partial charge >= 0.3 is 0 Å². The highest BCUT2D eigenvalue weighted by molar-refractivity contribution is 9.10. The van der Waals surface area contributed by atoms with Crippen molar-refractivity contribution in [1.82, 2.24) is 0 Å². The summed E-state index contributed by atoms with van der Waals surface area (Å²) in [5.41, 5.74) is 5.66. The second-order valence-electron chi connectivity index (χ2n) is 3.89.